The first-order chi connectivity index (χ1) is 15.2. The molecule has 0 spiro atoms. The molecule has 8 heteroatoms. The lowest BCUT2D eigenvalue weighted by Crippen LogP contribution is -2.51. The third-order valence-corrected chi connectivity index (χ3v) is 4.45. The third kappa shape index (κ3) is 9.41. The number of nitrogens with one attached hydrogen (secondary N) is 2. The van der Waals surface area contributed by atoms with Crippen LogP contribution in [0.15, 0.2) is 42.0 Å². The van der Waals surface area contributed by atoms with E-state index in [0.29, 0.717) is 24.5 Å². The maximum atomic E-state index is 13.3. The van der Waals surface area contributed by atoms with Crippen LogP contribution in [0.1, 0.15) is 52.5 Å². The number of hydrogen-bond donors (Lipinski definition) is 2. The Morgan fingerprint density at radius 2 is 1.75 bits per heavy atom. The molecule has 1 aromatic carbocycles. The number of benzene rings is 1. The van der Waals surface area contributed by atoms with Gasteiger partial charge in [-0.15, -0.1) is 0 Å². The Kier molecular flexibility index (Phi) is 11.9. The van der Waals surface area contributed by atoms with E-state index in [0.717, 1.165) is 18.6 Å². The lowest BCUT2D eigenvalue weighted by molar-refractivity contribution is -0.147. The normalized spacial score (nSPS) is 13.5. The quantitative estimate of drug-likeness (QED) is 0.289. The zero-order valence-electron chi connectivity index (χ0n) is 19.0. The summed E-state index contributed by atoms with van der Waals surface area (Å²) in [5, 5.41) is 5.11. The lowest BCUT2D eigenvalue weighted by atomic mass is 10.0. The van der Waals surface area contributed by atoms with E-state index in [1.54, 1.807) is 19.1 Å². The zero-order valence-corrected chi connectivity index (χ0v) is 19.0. The maximum absolute atomic E-state index is 13.3. The summed E-state index contributed by atoms with van der Waals surface area (Å²) in [4.78, 5) is 37.5. The Morgan fingerprint density at radius 3 is 2.31 bits per heavy atom. The van der Waals surface area contributed by atoms with Crippen LogP contribution in [0.4, 0.5) is 8.78 Å². The topological polar surface area (TPSA) is 84.5 Å². The van der Waals surface area contributed by atoms with Gasteiger partial charge in [0.15, 0.2) is 6.04 Å². The van der Waals surface area contributed by atoms with Gasteiger partial charge in [-0.05, 0) is 50.0 Å². The highest BCUT2D eigenvalue weighted by Gasteiger charge is 2.27. The van der Waals surface area contributed by atoms with Gasteiger partial charge < -0.3 is 15.4 Å². The number of carbonyl (C=O) groups is 3. The maximum Gasteiger partial charge on any atom is 0.333 e. The van der Waals surface area contributed by atoms with Gasteiger partial charge >= 0.3 is 5.97 Å². The number of esters is 1. The van der Waals surface area contributed by atoms with E-state index in [2.05, 4.69) is 10.6 Å². The minimum Gasteiger partial charge on any atom is -0.464 e. The molecule has 0 bridgehead atoms. The Bertz CT molecular complexity index is 832. The highest BCUT2D eigenvalue weighted by atomic mass is 19.1. The Morgan fingerprint density at radius 1 is 1.09 bits per heavy atom. The van der Waals surface area contributed by atoms with Gasteiger partial charge in [-0.2, -0.15) is 0 Å². The zero-order chi connectivity index (χ0) is 24.1. The van der Waals surface area contributed by atoms with Gasteiger partial charge in [0.05, 0.1) is 13.0 Å². The molecule has 1 unspecified atom stereocenters. The number of hydrogen-bond acceptors (Lipinski definition) is 4. The van der Waals surface area contributed by atoms with Gasteiger partial charge in [-0.25, -0.2) is 13.6 Å². The van der Waals surface area contributed by atoms with Gasteiger partial charge in [0, 0.05) is 6.07 Å². The standard InChI is InChI=1S/C24H32F2N2O4/c1-5-8-11-32-24(31)22(18(9-6-2)10-7-3)28-23(30)16(4)27-21(29)14-17-12-19(25)15-20(26)13-17/h6,9-10,12-13,15-16,22H,5,7-8,11,14H2,1-4H3,(H,27,29)(H,28,30)/b9-6-,18-10+/t16?,22-/m0/s1. The number of rotatable bonds is 12. The largest absolute Gasteiger partial charge is 0.464 e. The summed E-state index contributed by atoms with van der Waals surface area (Å²) >= 11 is 0. The molecule has 2 amide bonds. The minimum absolute atomic E-state index is 0.145. The van der Waals surface area contributed by atoms with Crippen molar-refractivity contribution in [3.8, 4) is 0 Å². The number of unbranched alkanes of at least 4 members (excludes halogenated alkanes) is 1. The third-order valence-electron chi connectivity index (χ3n) is 4.45. The van der Waals surface area contributed by atoms with Gasteiger partial charge in [0.2, 0.25) is 11.8 Å². The summed E-state index contributed by atoms with van der Waals surface area (Å²) < 4.78 is 31.9. The van der Waals surface area contributed by atoms with Crippen molar-refractivity contribution in [1.29, 1.82) is 0 Å². The molecular weight excluding hydrogens is 418 g/mol. The highest BCUT2D eigenvalue weighted by Crippen LogP contribution is 2.11. The van der Waals surface area contributed by atoms with Crippen LogP contribution in [0.2, 0.25) is 0 Å². The molecule has 0 aromatic heterocycles. The molecule has 0 saturated heterocycles. The van der Waals surface area contributed by atoms with Gasteiger partial charge in [-0.3, -0.25) is 9.59 Å². The van der Waals surface area contributed by atoms with Crippen LogP contribution < -0.4 is 10.6 Å². The molecule has 1 rings (SSSR count). The average molecular weight is 451 g/mol. The van der Waals surface area contributed by atoms with E-state index in [1.165, 1.54) is 6.92 Å². The fourth-order valence-corrected chi connectivity index (χ4v) is 2.91. The number of ether oxygens (including phenoxy) is 1. The summed E-state index contributed by atoms with van der Waals surface area (Å²) in [6, 6.07) is 0.805. The number of halogens is 2. The predicted octanol–water partition coefficient (Wildman–Crippen LogP) is 3.75. The summed E-state index contributed by atoms with van der Waals surface area (Å²) in [6.07, 6.45) is 7.19. The SMILES string of the molecule is C/C=C\C(=C/CC)[C@H](NC(=O)C(C)NC(=O)Cc1cc(F)cc(F)c1)C(=O)OCCCC. The highest BCUT2D eigenvalue weighted by molar-refractivity contribution is 5.92. The summed E-state index contributed by atoms with van der Waals surface area (Å²) in [6.45, 7) is 7.37. The Hall–Kier alpha value is -3.03. The summed E-state index contributed by atoms with van der Waals surface area (Å²) in [5.74, 6) is -3.34. The first-order valence-corrected chi connectivity index (χ1v) is 10.8. The number of amides is 2. The van der Waals surface area contributed by atoms with Gasteiger partial charge in [0.25, 0.3) is 0 Å². The van der Waals surface area contributed by atoms with E-state index < -0.39 is 41.5 Å². The van der Waals surface area contributed by atoms with Gasteiger partial charge in [-0.1, -0.05) is 38.5 Å². The van der Waals surface area contributed by atoms with Crippen molar-refractivity contribution < 1.29 is 27.9 Å². The monoisotopic (exact) mass is 450 g/mol. The van der Waals surface area contributed by atoms with E-state index in [1.807, 2.05) is 19.9 Å². The fourth-order valence-electron chi connectivity index (χ4n) is 2.91. The van der Waals surface area contributed by atoms with Crippen molar-refractivity contribution in [2.45, 2.75) is 65.5 Å². The minimum atomic E-state index is -1.02. The second-order valence-corrected chi connectivity index (χ2v) is 7.32. The van der Waals surface area contributed by atoms with Crippen molar-refractivity contribution in [2.24, 2.45) is 0 Å². The van der Waals surface area contributed by atoms with Crippen molar-refractivity contribution in [2.75, 3.05) is 6.61 Å². The average Bonchev–Trinajstić information content (AvgIpc) is 2.70. The molecule has 6 nitrogen and oxygen atoms in total. The molecule has 0 heterocycles. The number of carbonyl (C=O) groups excluding carboxylic acids is 3. The second-order valence-electron chi connectivity index (χ2n) is 7.32. The van der Waals surface area contributed by atoms with Crippen LogP contribution in [-0.4, -0.2) is 36.5 Å². The van der Waals surface area contributed by atoms with E-state index >= 15 is 0 Å². The molecular formula is C24H32F2N2O4. The van der Waals surface area contributed by atoms with Crippen LogP contribution >= 0.6 is 0 Å². The van der Waals surface area contributed by atoms with Crippen molar-refractivity contribution in [1.82, 2.24) is 10.6 Å². The smallest absolute Gasteiger partial charge is 0.333 e. The number of allylic oxidation sites excluding steroid dienone is 2. The van der Waals surface area contributed by atoms with Crippen LogP contribution in [0, 0.1) is 11.6 Å². The van der Waals surface area contributed by atoms with Crippen LogP contribution in [-0.2, 0) is 25.5 Å². The van der Waals surface area contributed by atoms with E-state index in [-0.39, 0.29) is 18.6 Å². The van der Waals surface area contributed by atoms with E-state index in [4.69, 9.17) is 4.74 Å². The predicted molar refractivity (Wildman–Crippen MR) is 119 cm³/mol. The first kappa shape index (κ1) is 27.0. The summed E-state index contributed by atoms with van der Waals surface area (Å²) in [5.41, 5.74) is 0.727. The lowest BCUT2D eigenvalue weighted by Gasteiger charge is -2.22. The Labute approximate surface area is 188 Å². The fraction of sp³-hybridized carbons (Fsp3) is 0.458. The van der Waals surface area contributed by atoms with Crippen molar-refractivity contribution >= 4 is 17.8 Å². The van der Waals surface area contributed by atoms with Crippen molar-refractivity contribution in [3.05, 3.63) is 59.2 Å². The molecule has 32 heavy (non-hydrogen) atoms. The molecule has 1 aromatic rings. The molecule has 2 atom stereocenters. The molecule has 0 aliphatic heterocycles. The Balaban J connectivity index is 2.86. The van der Waals surface area contributed by atoms with Crippen molar-refractivity contribution in [3.63, 3.8) is 0 Å². The van der Waals surface area contributed by atoms with Crippen LogP contribution in [0.5, 0.6) is 0 Å². The van der Waals surface area contributed by atoms with Gasteiger partial charge in [0.1, 0.15) is 17.7 Å². The molecule has 0 fully saturated rings. The molecule has 176 valence electrons. The first-order valence-electron chi connectivity index (χ1n) is 10.8. The van der Waals surface area contributed by atoms with Crippen LogP contribution in [0.25, 0.3) is 0 Å². The molecule has 0 radical (unpaired) electrons. The van der Waals surface area contributed by atoms with Crippen LogP contribution in [0.3, 0.4) is 0 Å². The summed E-state index contributed by atoms with van der Waals surface area (Å²) in [7, 11) is 0. The molecule has 2 N–H and O–H groups in total. The molecule has 0 saturated carbocycles. The molecule has 0 aliphatic rings. The van der Waals surface area contributed by atoms with E-state index in [9.17, 15) is 23.2 Å². The molecule has 0 aliphatic carbocycles. The second kappa shape index (κ2) is 14.1.